The van der Waals surface area contributed by atoms with Crippen molar-refractivity contribution >= 4 is 5.97 Å². The first kappa shape index (κ1) is 15.5. The highest BCUT2D eigenvalue weighted by molar-refractivity contribution is 5.74. The smallest absolute Gasteiger partial charge is 0.309 e. The minimum atomic E-state index is -0.583. The molecular formula is C15H29NO2. The van der Waals surface area contributed by atoms with Crippen molar-refractivity contribution in [3.63, 3.8) is 0 Å². The van der Waals surface area contributed by atoms with Gasteiger partial charge >= 0.3 is 5.97 Å². The van der Waals surface area contributed by atoms with Gasteiger partial charge in [-0.25, -0.2) is 0 Å². The maximum atomic E-state index is 11.5. The summed E-state index contributed by atoms with van der Waals surface area (Å²) in [6, 6.07) is 0.573. The van der Waals surface area contributed by atoms with Gasteiger partial charge < -0.3 is 10.0 Å². The minimum Gasteiger partial charge on any atom is -0.481 e. The van der Waals surface area contributed by atoms with Crippen molar-refractivity contribution in [1.82, 2.24) is 4.90 Å². The number of aliphatic carboxylic acids is 1. The van der Waals surface area contributed by atoms with Crippen LogP contribution in [-0.4, -0.2) is 35.1 Å². The lowest BCUT2D eigenvalue weighted by Gasteiger charge is -2.42. The lowest BCUT2D eigenvalue weighted by atomic mass is 9.74. The Bertz CT molecular complexity index is 270. The average Bonchev–Trinajstić information content (AvgIpc) is 2.38. The van der Waals surface area contributed by atoms with Crippen molar-refractivity contribution in [2.24, 2.45) is 11.3 Å². The molecule has 1 aliphatic heterocycles. The molecule has 0 radical (unpaired) electrons. The molecule has 0 amide bonds. The number of carboxylic acid groups (broad SMARTS) is 1. The summed E-state index contributed by atoms with van der Waals surface area (Å²) < 4.78 is 0. The first-order valence-electron chi connectivity index (χ1n) is 7.44. The molecule has 0 aliphatic carbocycles. The van der Waals surface area contributed by atoms with E-state index >= 15 is 0 Å². The number of hydrogen-bond donors (Lipinski definition) is 1. The van der Waals surface area contributed by atoms with Gasteiger partial charge in [0.2, 0.25) is 0 Å². The number of piperidine rings is 1. The molecule has 0 aromatic carbocycles. The van der Waals surface area contributed by atoms with Gasteiger partial charge in [0.05, 0.1) is 5.41 Å². The zero-order chi connectivity index (χ0) is 13.8. The molecular weight excluding hydrogens is 226 g/mol. The number of carbonyl (C=O) groups is 1. The van der Waals surface area contributed by atoms with Crippen LogP contribution in [0.15, 0.2) is 0 Å². The predicted octanol–water partition coefficient (Wildman–Crippen LogP) is 3.39. The van der Waals surface area contributed by atoms with Gasteiger partial charge in [0.1, 0.15) is 0 Å². The third-order valence-corrected chi connectivity index (χ3v) is 4.98. The van der Waals surface area contributed by atoms with E-state index in [2.05, 4.69) is 32.6 Å². The molecule has 0 spiro atoms. The molecule has 1 N–H and O–H groups in total. The second-order valence-electron chi connectivity index (χ2n) is 6.00. The fourth-order valence-electron chi connectivity index (χ4n) is 3.11. The van der Waals surface area contributed by atoms with E-state index < -0.39 is 11.4 Å². The Hall–Kier alpha value is -0.570. The molecule has 3 nitrogen and oxygen atoms in total. The fourth-order valence-corrected chi connectivity index (χ4v) is 3.11. The molecule has 1 aliphatic rings. The van der Waals surface area contributed by atoms with E-state index in [1.54, 1.807) is 0 Å². The summed E-state index contributed by atoms with van der Waals surface area (Å²) in [5.74, 6) is 0.105. The Morgan fingerprint density at radius 3 is 2.22 bits per heavy atom. The summed E-state index contributed by atoms with van der Waals surface area (Å²) in [7, 11) is 0. The van der Waals surface area contributed by atoms with Gasteiger partial charge in [-0.2, -0.15) is 0 Å². The normalized spacial score (nSPS) is 23.6. The summed E-state index contributed by atoms with van der Waals surface area (Å²) >= 11 is 0. The molecule has 2 unspecified atom stereocenters. The zero-order valence-corrected chi connectivity index (χ0v) is 12.4. The van der Waals surface area contributed by atoms with Gasteiger partial charge in [-0.15, -0.1) is 0 Å². The summed E-state index contributed by atoms with van der Waals surface area (Å²) in [5.41, 5.74) is -0.444. The van der Waals surface area contributed by atoms with Crippen LogP contribution in [0.25, 0.3) is 0 Å². The molecule has 1 saturated heterocycles. The van der Waals surface area contributed by atoms with E-state index in [9.17, 15) is 9.90 Å². The van der Waals surface area contributed by atoms with E-state index in [1.807, 2.05) is 0 Å². The molecule has 0 saturated carbocycles. The Balaban J connectivity index is 2.60. The molecule has 1 rings (SSSR count). The molecule has 18 heavy (non-hydrogen) atoms. The Labute approximate surface area is 112 Å². The van der Waals surface area contributed by atoms with Crippen molar-refractivity contribution in [3.05, 3.63) is 0 Å². The largest absolute Gasteiger partial charge is 0.481 e. The standard InChI is InChI=1S/C15H29NO2/c1-5-7-15(14(17)18)8-10-16(11-9-15)13(4)12(3)6-2/h12-13H,5-11H2,1-4H3,(H,17,18). The van der Waals surface area contributed by atoms with Crippen LogP contribution < -0.4 is 0 Å². The van der Waals surface area contributed by atoms with Gasteiger partial charge in [-0.1, -0.05) is 33.6 Å². The van der Waals surface area contributed by atoms with Crippen LogP contribution in [0.3, 0.4) is 0 Å². The minimum absolute atomic E-state index is 0.444. The molecule has 2 atom stereocenters. The van der Waals surface area contributed by atoms with Gasteiger partial charge in [-0.3, -0.25) is 4.79 Å². The molecule has 0 aromatic rings. The highest BCUT2D eigenvalue weighted by Crippen LogP contribution is 2.37. The van der Waals surface area contributed by atoms with E-state index in [-0.39, 0.29) is 0 Å². The molecule has 3 heteroatoms. The summed E-state index contributed by atoms with van der Waals surface area (Å²) in [5, 5.41) is 9.48. The van der Waals surface area contributed by atoms with Crippen LogP contribution in [0.2, 0.25) is 0 Å². The average molecular weight is 255 g/mol. The summed E-state index contributed by atoms with van der Waals surface area (Å²) in [4.78, 5) is 14.0. The number of hydrogen-bond acceptors (Lipinski definition) is 2. The first-order chi connectivity index (χ1) is 8.46. The quantitative estimate of drug-likeness (QED) is 0.791. The van der Waals surface area contributed by atoms with Crippen molar-refractivity contribution in [2.75, 3.05) is 13.1 Å². The van der Waals surface area contributed by atoms with Crippen molar-refractivity contribution < 1.29 is 9.90 Å². The predicted molar refractivity (Wildman–Crippen MR) is 74.7 cm³/mol. The molecule has 0 aromatic heterocycles. The lowest BCUT2D eigenvalue weighted by molar-refractivity contribution is -0.153. The van der Waals surface area contributed by atoms with Gasteiger partial charge in [-0.05, 0) is 45.2 Å². The SMILES string of the molecule is CCCC1(C(=O)O)CCN(C(C)C(C)CC)CC1. The molecule has 1 heterocycles. The first-order valence-corrected chi connectivity index (χ1v) is 7.44. The monoisotopic (exact) mass is 255 g/mol. The maximum Gasteiger partial charge on any atom is 0.309 e. The van der Waals surface area contributed by atoms with Gasteiger partial charge in [0, 0.05) is 6.04 Å². The van der Waals surface area contributed by atoms with Crippen LogP contribution in [0.5, 0.6) is 0 Å². The highest BCUT2D eigenvalue weighted by atomic mass is 16.4. The van der Waals surface area contributed by atoms with Crippen LogP contribution in [0.4, 0.5) is 0 Å². The van der Waals surface area contributed by atoms with E-state index in [4.69, 9.17) is 0 Å². The van der Waals surface area contributed by atoms with Crippen LogP contribution >= 0.6 is 0 Å². The Kier molecular flexibility index (Phi) is 5.64. The third-order valence-electron chi connectivity index (χ3n) is 4.98. The zero-order valence-electron chi connectivity index (χ0n) is 12.4. The topological polar surface area (TPSA) is 40.5 Å². The van der Waals surface area contributed by atoms with Crippen LogP contribution in [0.1, 0.15) is 59.8 Å². The van der Waals surface area contributed by atoms with Gasteiger partial charge in [0.25, 0.3) is 0 Å². The molecule has 0 bridgehead atoms. The number of nitrogens with zero attached hydrogens (tertiary/aromatic N) is 1. The number of likely N-dealkylation sites (tertiary alicyclic amines) is 1. The van der Waals surface area contributed by atoms with Crippen molar-refractivity contribution in [1.29, 1.82) is 0 Å². The lowest BCUT2D eigenvalue weighted by Crippen LogP contribution is -2.48. The summed E-state index contributed by atoms with van der Waals surface area (Å²) in [6.45, 7) is 10.8. The Morgan fingerprint density at radius 1 is 1.28 bits per heavy atom. The summed E-state index contributed by atoms with van der Waals surface area (Å²) in [6.07, 6.45) is 4.62. The van der Waals surface area contributed by atoms with E-state index in [0.717, 1.165) is 38.8 Å². The second kappa shape index (κ2) is 6.55. The van der Waals surface area contributed by atoms with Crippen molar-refractivity contribution in [2.45, 2.75) is 65.8 Å². The van der Waals surface area contributed by atoms with E-state index in [0.29, 0.717) is 12.0 Å². The van der Waals surface area contributed by atoms with Crippen molar-refractivity contribution in [3.8, 4) is 0 Å². The molecule has 106 valence electrons. The second-order valence-corrected chi connectivity index (χ2v) is 6.00. The maximum absolute atomic E-state index is 11.5. The Morgan fingerprint density at radius 2 is 1.83 bits per heavy atom. The van der Waals surface area contributed by atoms with Gasteiger partial charge in [0.15, 0.2) is 0 Å². The number of rotatable bonds is 6. The van der Waals surface area contributed by atoms with Crippen LogP contribution in [0, 0.1) is 11.3 Å². The molecule has 1 fully saturated rings. The van der Waals surface area contributed by atoms with E-state index in [1.165, 1.54) is 6.42 Å². The highest BCUT2D eigenvalue weighted by Gasteiger charge is 2.41. The fraction of sp³-hybridized carbons (Fsp3) is 0.933. The van der Waals surface area contributed by atoms with Crippen LogP contribution in [-0.2, 0) is 4.79 Å². The third kappa shape index (κ3) is 3.25. The number of carboxylic acids is 1.